The number of hydrogen-bond donors (Lipinski definition) is 1. The number of halogens is 1. The number of thioether (sulfide) groups is 1. The number of aliphatic imine (C=N–C) groups is 2. The maximum Gasteiger partial charge on any atom is 0.243 e. The van der Waals surface area contributed by atoms with Crippen LogP contribution in [-0.4, -0.2) is 62.5 Å². The Kier molecular flexibility index (Phi) is 7.95. The summed E-state index contributed by atoms with van der Waals surface area (Å²) in [6, 6.07) is 22.5. The third-order valence-electron chi connectivity index (χ3n) is 6.78. The molecule has 2 atom stereocenters. The van der Waals surface area contributed by atoms with E-state index in [0.29, 0.717) is 43.7 Å². The summed E-state index contributed by atoms with van der Waals surface area (Å²) in [5.74, 6) is 1.39. The van der Waals surface area contributed by atoms with E-state index in [1.165, 1.54) is 4.31 Å². The molecule has 0 spiro atoms. The zero-order valence-corrected chi connectivity index (χ0v) is 23.8. The topological polar surface area (TPSA) is 92.6 Å². The summed E-state index contributed by atoms with van der Waals surface area (Å²) in [6.07, 6.45) is 3.67. The van der Waals surface area contributed by atoms with Gasteiger partial charge in [0.1, 0.15) is 24.5 Å². The molecule has 0 aromatic heterocycles. The largest absolute Gasteiger partial charge is 0.487 e. The number of ether oxygens (including phenoxy) is 2. The molecule has 3 aromatic rings. The predicted octanol–water partition coefficient (Wildman–Crippen LogP) is 5.32. The van der Waals surface area contributed by atoms with Gasteiger partial charge < -0.3 is 14.8 Å². The lowest BCUT2D eigenvalue weighted by molar-refractivity contribution is 0.0730. The van der Waals surface area contributed by atoms with Gasteiger partial charge in [0.05, 0.1) is 34.4 Å². The molecule has 8 nitrogen and oxygen atoms in total. The van der Waals surface area contributed by atoms with E-state index < -0.39 is 10.0 Å². The molecule has 3 heterocycles. The molecule has 0 saturated carbocycles. The summed E-state index contributed by atoms with van der Waals surface area (Å²) in [4.78, 5) is 10.4. The first-order chi connectivity index (χ1) is 19.5. The summed E-state index contributed by atoms with van der Waals surface area (Å²) in [5, 5.41) is 3.87. The Morgan fingerprint density at radius 3 is 2.58 bits per heavy atom. The fourth-order valence-electron chi connectivity index (χ4n) is 4.65. The smallest absolute Gasteiger partial charge is 0.243 e. The number of anilines is 1. The Hall–Kier alpha value is -3.15. The lowest BCUT2D eigenvalue weighted by atomic mass is 10.1. The molecule has 0 radical (unpaired) electrons. The predicted molar refractivity (Wildman–Crippen MR) is 161 cm³/mol. The molecule has 1 N–H and O–H groups in total. The molecule has 3 aliphatic rings. The number of amidine groups is 1. The second-order valence-electron chi connectivity index (χ2n) is 9.42. The van der Waals surface area contributed by atoms with Gasteiger partial charge in [0.15, 0.2) is 0 Å². The summed E-state index contributed by atoms with van der Waals surface area (Å²) in [5.41, 5.74) is 2.81. The third-order valence-corrected chi connectivity index (χ3v) is 10.4. The number of morpholine rings is 1. The maximum absolute atomic E-state index is 13.0. The van der Waals surface area contributed by atoms with Gasteiger partial charge in [0, 0.05) is 23.7 Å². The number of rotatable bonds is 7. The van der Waals surface area contributed by atoms with Crippen molar-refractivity contribution in [3.8, 4) is 5.75 Å². The number of benzene rings is 3. The van der Waals surface area contributed by atoms with Crippen LogP contribution in [0, 0.1) is 0 Å². The molecule has 0 bridgehead atoms. The first kappa shape index (κ1) is 27.0. The summed E-state index contributed by atoms with van der Waals surface area (Å²) < 4.78 is 38.6. The van der Waals surface area contributed by atoms with E-state index in [9.17, 15) is 8.42 Å². The standard InChI is InChI=1S/C29H27ClN4O4S2/c30-24-16-22(8-11-26(24)38-18-20-4-2-1-3-5-20)33-29-28-25(31-19-32-29)17-27(39-28)21-6-9-23(10-7-21)40(35,36)34-12-14-37-15-13-34/h1-11,16-17,19,25,28H,12-15,18H2,(H,31,32,33). The SMILES string of the molecule is O=S(=O)(c1ccc(C2=CC3N=CN=C(Nc4ccc(OCc5ccccc5)c(Cl)c4)C3S2)cc1)N1CCOCC1. The van der Waals surface area contributed by atoms with Crippen LogP contribution in [0.4, 0.5) is 5.69 Å². The normalized spacial score (nSPS) is 20.9. The highest BCUT2D eigenvalue weighted by molar-refractivity contribution is 8.09. The quantitative estimate of drug-likeness (QED) is 0.398. The van der Waals surface area contributed by atoms with Crippen LogP contribution in [0.25, 0.3) is 4.91 Å². The second-order valence-corrected chi connectivity index (χ2v) is 13.0. The van der Waals surface area contributed by atoms with Gasteiger partial charge in [-0.15, -0.1) is 11.8 Å². The minimum Gasteiger partial charge on any atom is -0.487 e. The monoisotopic (exact) mass is 594 g/mol. The van der Waals surface area contributed by atoms with Crippen molar-refractivity contribution in [1.29, 1.82) is 0 Å². The summed E-state index contributed by atoms with van der Waals surface area (Å²) >= 11 is 8.17. The van der Waals surface area contributed by atoms with E-state index in [4.69, 9.17) is 21.1 Å². The minimum absolute atomic E-state index is 0.0375. The third kappa shape index (κ3) is 5.82. The van der Waals surface area contributed by atoms with E-state index >= 15 is 0 Å². The van der Waals surface area contributed by atoms with Crippen molar-refractivity contribution in [3.05, 3.63) is 95.0 Å². The first-order valence-electron chi connectivity index (χ1n) is 12.9. The highest BCUT2D eigenvalue weighted by Gasteiger charge is 2.35. The summed E-state index contributed by atoms with van der Waals surface area (Å²) in [6.45, 7) is 2.01. The van der Waals surface area contributed by atoms with E-state index in [-0.39, 0.29) is 16.2 Å². The van der Waals surface area contributed by atoms with Crippen molar-refractivity contribution in [2.45, 2.75) is 22.8 Å². The summed E-state index contributed by atoms with van der Waals surface area (Å²) in [7, 11) is -3.54. The molecule has 3 aromatic carbocycles. The first-order valence-corrected chi connectivity index (χ1v) is 15.6. The molecule has 3 aliphatic heterocycles. The highest BCUT2D eigenvalue weighted by Crippen LogP contribution is 2.42. The number of sulfonamides is 1. The molecule has 6 rings (SSSR count). The average molecular weight is 595 g/mol. The van der Waals surface area contributed by atoms with E-state index in [0.717, 1.165) is 27.6 Å². The van der Waals surface area contributed by atoms with Gasteiger partial charge in [-0.3, -0.25) is 4.99 Å². The van der Waals surface area contributed by atoms with Crippen LogP contribution in [0.1, 0.15) is 11.1 Å². The van der Waals surface area contributed by atoms with Gasteiger partial charge in [-0.2, -0.15) is 4.31 Å². The van der Waals surface area contributed by atoms with E-state index in [1.54, 1.807) is 30.2 Å². The van der Waals surface area contributed by atoms with E-state index in [2.05, 4.69) is 21.4 Å². The number of fused-ring (bicyclic) bond motifs is 1. The van der Waals surface area contributed by atoms with Crippen LogP contribution in [-0.2, 0) is 21.4 Å². The minimum atomic E-state index is -3.54. The highest BCUT2D eigenvalue weighted by atomic mass is 35.5. The van der Waals surface area contributed by atoms with Crippen LogP contribution in [0.3, 0.4) is 0 Å². The Bertz CT molecular complexity index is 1570. The Morgan fingerprint density at radius 1 is 1.05 bits per heavy atom. The lowest BCUT2D eigenvalue weighted by Crippen LogP contribution is -2.40. The van der Waals surface area contributed by atoms with Gasteiger partial charge in [0.2, 0.25) is 10.0 Å². The fourth-order valence-corrected chi connectivity index (χ4v) is 7.57. The van der Waals surface area contributed by atoms with Crippen LogP contribution in [0.15, 0.2) is 93.8 Å². The van der Waals surface area contributed by atoms with Gasteiger partial charge in [0.25, 0.3) is 0 Å². The van der Waals surface area contributed by atoms with Crippen molar-refractivity contribution in [2.75, 3.05) is 31.6 Å². The Labute approximate surface area is 242 Å². The number of nitrogens with zero attached hydrogens (tertiary/aromatic N) is 3. The molecular formula is C29H27ClN4O4S2. The van der Waals surface area contributed by atoms with Crippen molar-refractivity contribution < 1.29 is 17.9 Å². The van der Waals surface area contributed by atoms with Gasteiger partial charge >= 0.3 is 0 Å². The number of nitrogens with one attached hydrogen (secondary N) is 1. The van der Waals surface area contributed by atoms with E-state index in [1.807, 2.05) is 60.7 Å². The molecular weight excluding hydrogens is 568 g/mol. The maximum atomic E-state index is 13.0. The molecule has 11 heteroatoms. The van der Waals surface area contributed by atoms with Crippen molar-refractivity contribution >= 4 is 56.2 Å². The van der Waals surface area contributed by atoms with Gasteiger partial charge in [-0.05, 0) is 47.5 Å². The van der Waals surface area contributed by atoms with Crippen LogP contribution in [0.2, 0.25) is 5.02 Å². The van der Waals surface area contributed by atoms with Crippen molar-refractivity contribution in [3.63, 3.8) is 0 Å². The molecule has 40 heavy (non-hydrogen) atoms. The van der Waals surface area contributed by atoms with Crippen LogP contribution in [0.5, 0.6) is 5.75 Å². The Balaban J connectivity index is 1.11. The molecule has 1 fully saturated rings. The zero-order valence-electron chi connectivity index (χ0n) is 21.4. The molecule has 2 unspecified atom stereocenters. The van der Waals surface area contributed by atoms with Gasteiger partial charge in [-0.1, -0.05) is 54.1 Å². The molecule has 0 aliphatic carbocycles. The van der Waals surface area contributed by atoms with Crippen molar-refractivity contribution in [1.82, 2.24) is 4.31 Å². The zero-order chi connectivity index (χ0) is 27.5. The van der Waals surface area contributed by atoms with Crippen LogP contribution >= 0.6 is 23.4 Å². The average Bonchev–Trinajstić information content (AvgIpc) is 3.43. The van der Waals surface area contributed by atoms with Crippen molar-refractivity contribution in [2.24, 2.45) is 9.98 Å². The Morgan fingerprint density at radius 2 is 1.82 bits per heavy atom. The fraction of sp³-hybridized carbons (Fsp3) is 0.241. The number of hydrogen-bond acceptors (Lipinski definition) is 8. The lowest BCUT2D eigenvalue weighted by Gasteiger charge is -2.26. The molecule has 0 amide bonds. The van der Waals surface area contributed by atoms with Gasteiger partial charge in [-0.25, -0.2) is 13.4 Å². The second kappa shape index (κ2) is 11.8. The van der Waals surface area contributed by atoms with Crippen LogP contribution < -0.4 is 10.1 Å². The molecule has 1 saturated heterocycles. The molecule has 206 valence electrons.